The van der Waals surface area contributed by atoms with Gasteiger partial charge < -0.3 is 8.85 Å². The molecule has 7 heteroatoms. The minimum absolute atomic E-state index is 0.327. The Morgan fingerprint density at radius 1 is 1.03 bits per heavy atom. The summed E-state index contributed by atoms with van der Waals surface area (Å²) in [6, 6.07) is 0.767. The predicted octanol–water partition coefficient (Wildman–Crippen LogP) is 6.50. The Bertz CT molecular complexity index is 418. The third kappa shape index (κ3) is 13.5. The van der Waals surface area contributed by atoms with Gasteiger partial charge in [-0.2, -0.15) is 0 Å². The van der Waals surface area contributed by atoms with Crippen molar-refractivity contribution in [1.29, 1.82) is 0 Å². The molecule has 1 aliphatic rings. The van der Waals surface area contributed by atoms with Crippen molar-refractivity contribution < 1.29 is 18.2 Å². The van der Waals surface area contributed by atoms with Gasteiger partial charge in [0.15, 0.2) is 5.12 Å². The van der Waals surface area contributed by atoms with Crippen LogP contribution in [0.2, 0.25) is 6.04 Å². The lowest BCUT2D eigenvalue weighted by Gasteiger charge is -2.32. The molecule has 2 unspecified atom stereocenters. The van der Waals surface area contributed by atoms with E-state index < -0.39 is 8.80 Å². The van der Waals surface area contributed by atoms with Gasteiger partial charge in [0.2, 0.25) is 0 Å². The first kappa shape index (κ1) is 28.1. The van der Waals surface area contributed by atoms with Gasteiger partial charge in [0.25, 0.3) is 0 Å². The maximum Gasteiger partial charge on any atom is 0.517 e. The molecule has 1 aliphatic heterocycles. The van der Waals surface area contributed by atoms with E-state index in [-0.39, 0.29) is 0 Å². The van der Waals surface area contributed by atoms with Crippen molar-refractivity contribution in [3.63, 3.8) is 0 Å². The van der Waals surface area contributed by atoms with E-state index in [2.05, 4.69) is 19.3 Å². The molecule has 1 N–H and O–H groups in total. The van der Waals surface area contributed by atoms with Crippen molar-refractivity contribution in [3.8, 4) is 0 Å². The van der Waals surface area contributed by atoms with E-state index >= 15 is 0 Å². The minimum atomic E-state index is -2.67. The van der Waals surface area contributed by atoms with Crippen molar-refractivity contribution in [2.24, 2.45) is 5.92 Å². The number of carbonyl (C=O) groups is 1. The molecule has 0 aromatic heterocycles. The molecule has 1 saturated heterocycles. The van der Waals surface area contributed by atoms with Crippen molar-refractivity contribution in [2.45, 2.75) is 110 Å². The van der Waals surface area contributed by atoms with Crippen molar-refractivity contribution in [1.82, 2.24) is 5.48 Å². The predicted molar refractivity (Wildman–Crippen MR) is 130 cm³/mol. The molecule has 2 atom stereocenters. The molecule has 1 fully saturated rings. The van der Waals surface area contributed by atoms with E-state index in [0.717, 1.165) is 44.0 Å². The quantitative estimate of drug-likeness (QED) is 0.197. The monoisotopic (exact) mass is 461 g/mol. The van der Waals surface area contributed by atoms with Gasteiger partial charge in [0.1, 0.15) is 0 Å². The summed E-state index contributed by atoms with van der Waals surface area (Å²) < 4.78 is 18.0. The number of hydrogen-bond donors (Lipinski definition) is 1. The van der Waals surface area contributed by atoms with Crippen molar-refractivity contribution in [3.05, 3.63) is 0 Å². The molecule has 1 rings (SSSR count). The van der Waals surface area contributed by atoms with Gasteiger partial charge in [-0.05, 0) is 32.1 Å². The van der Waals surface area contributed by atoms with Crippen LogP contribution in [0.5, 0.6) is 0 Å². The maximum atomic E-state index is 12.1. The lowest BCUT2D eigenvalue weighted by atomic mass is 10.0. The Kier molecular flexibility index (Phi) is 17.5. The number of carbonyl (C=O) groups excluding carboxylic acids is 1. The first-order chi connectivity index (χ1) is 14.7. The van der Waals surface area contributed by atoms with Crippen LogP contribution in [0.15, 0.2) is 0 Å². The zero-order valence-electron chi connectivity index (χ0n) is 19.8. The number of rotatable bonds is 17. The average Bonchev–Trinajstić information content (AvgIpc) is 2.72. The van der Waals surface area contributed by atoms with E-state index in [1.807, 2.05) is 6.92 Å². The van der Waals surface area contributed by atoms with Crippen LogP contribution in [0, 0.1) is 5.92 Å². The standard InChI is InChI=1S/C23H47NO4SSi/c1-4-7-8-9-10-11-12-13-14-16-23(25)29-19-15-20-30(26-6-3)27-18-17-22(5-2)21-24-28-30/h22,24H,4-21H2,1-3H3. The van der Waals surface area contributed by atoms with Gasteiger partial charge in [0.05, 0.1) is 0 Å². The number of nitrogens with one attached hydrogen (secondary N) is 1. The fourth-order valence-corrected chi connectivity index (χ4v) is 7.18. The first-order valence-corrected chi connectivity index (χ1v) is 15.4. The Balaban J connectivity index is 2.11. The second kappa shape index (κ2) is 18.6. The maximum absolute atomic E-state index is 12.1. The Morgan fingerprint density at radius 3 is 2.40 bits per heavy atom. The zero-order valence-corrected chi connectivity index (χ0v) is 21.7. The molecule has 5 nitrogen and oxygen atoms in total. The van der Waals surface area contributed by atoms with E-state index in [9.17, 15) is 4.79 Å². The summed E-state index contributed by atoms with van der Waals surface area (Å²) in [5.74, 6) is 1.41. The number of unbranched alkanes of at least 4 members (excludes halogenated alkanes) is 8. The summed E-state index contributed by atoms with van der Waals surface area (Å²) in [5, 5.41) is 0.327. The van der Waals surface area contributed by atoms with Crippen molar-refractivity contribution >= 4 is 25.7 Å². The number of hydroxylamine groups is 1. The van der Waals surface area contributed by atoms with E-state index in [1.54, 1.807) is 0 Å². The molecule has 0 saturated carbocycles. The highest BCUT2D eigenvalue weighted by atomic mass is 32.2. The highest BCUT2D eigenvalue weighted by Crippen LogP contribution is 2.23. The molecule has 178 valence electrons. The Hall–Kier alpha value is 0.0769. The van der Waals surface area contributed by atoms with Crippen LogP contribution in [-0.2, 0) is 18.2 Å². The fraction of sp³-hybridized carbons (Fsp3) is 0.957. The van der Waals surface area contributed by atoms with Gasteiger partial charge in [-0.15, -0.1) is 0 Å². The van der Waals surface area contributed by atoms with Gasteiger partial charge in [-0.3, -0.25) is 9.32 Å². The molecule has 0 radical (unpaired) electrons. The summed E-state index contributed by atoms with van der Waals surface area (Å²) in [6.45, 7) is 8.59. The first-order valence-electron chi connectivity index (χ1n) is 12.5. The topological polar surface area (TPSA) is 56.8 Å². The average molecular weight is 462 g/mol. The summed E-state index contributed by atoms with van der Waals surface area (Å²) in [4.78, 5) is 12.1. The van der Waals surface area contributed by atoms with Crippen LogP contribution in [-0.4, -0.2) is 39.4 Å². The lowest BCUT2D eigenvalue weighted by molar-refractivity contribution is -0.111. The van der Waals surface area contributed by atoms with Gasteiger partial charge >= 0.3 is 8.80 Å². The molecule has 0 amide bonds. The Labute approximate surface area is 191 Å². The molecular weight excluding hydrogens is 414 g/mol. The van der Waals surface area contributed by atoms with Crippen LogP contribution in [0.1, 0.15) is 104 Å². The summed E-state index contributed by atoms with van der Waals surface area (Å²) >= 11 is 1.47. The SMILES string of the molecule is CCCCCCCCCCCC(=O)SCCC[Si]1(OCC)OCCC(CC)CNO1. The molecule has 0 bridgehead atoms. The smallest absolute Gasteiger partial charge is 0.373 e. The zero-order chi connectivity index (χ0) is 21.9. The van der Waals surface area contributed by atoms with Crippen LogP contribution in [0.4, 0.5) is 0 Å². The molecule has 0 aliphatic carbocycles. The molecule has 30 heavy (non-hydrogen) atoms. The minimum Gasteiger partial charge on any atom is -0.373 e. The van der Waals surface area contributed by atoms with Crippen LogP contribution >= 0.6 is 11.8 Å². The van der Waals surface area contributed by atoms with Crippen LogP contribution in [0.25, 0.3) is 0 Å². The van der Waals surface area contributed by atoms with E-state index in [0.29, 0.717) is 30.7 Å². The summed E-state index contributed by atoms with van der Waals surface area (Å²) in [7, 11) is -2.67. The largest absolute Gasteiger partial charge is 0.517 e. The summed E-state index contributed by atoms with van der Waals surface area (Å²) in [5.41, 5.74) is 3.11. The van der Waals surface area contributed by atoms with Gasteiger partial charge in [0, 0.05) is 38.0 Å². The van der Waals surface area contributed by atoms with Gasteiger partial charge in [-0.1, -0.05) is 83.4 Å². The van der Waals surface area contributed by atoms with Gasteiger partial charge in [-0.25, -0.2) is 5.48 Å². The highest BCUT2D eigenvalue weighted by Gasteiger charge is 2.42. The third-order valence-corrected chi connectivity index (χ3v) is 9.58. The third-order valence-electron chi connectivity index (χ3n) is 5.76. The summed E-state index contributed by atoms with van der Waals surface area (Å²) in [6.07, 6.45) is 15.4. The fourth-order valence-electron chi connectivity index (χ4n) is 3.74. The lowest BCUT2D eigenvalue weighted by Crippen LogP contribution is -2.52. The Morgan fingerprint density at radius 2 is 1.73 bits per heavy atom. The second-order valence-electron chi connectivity index (χ2n) is 8.38. The van der Waals surface area contributed by atoms with Crippen LogP contribution < -0.4 is 5.48 Å². The molecule has 0 aromatic rings. The normalized spacial score (nSPS) is 22.6. The number of thioether (sulfide) groups is 1. The van der Waals surface area contributed by atoms with E-state index in [4.69, 9.17) is 13.4 Å². The number of hydrogen-bond acceptors (Lipinski definition) is 6. The second-order valence-corrected chi connectivity index (χ2v) is 12.2. The van der Waals surface area contributed by atoms with E-state index in [1.165, 1.54) is 63.1 Å². The van der Waals surface area contributed by atoms with Crippen LogP contribution in [0.3, 0.4) is 0 Å². The molecule has 0 aromatic carbocycles. The molecule has 1 heterocycles. The molecular formula is C23H47NO4SSi. The van der Waals surface area contributed by atoms with Crippen molar-refractivity contribution in [2.75, 3.05) is 25.5 Å². The molecule has 0 spiro atoms. The highest BCUT2D eigenvalue weighted by molar-refractivity contribution is 8.13.